The van der Waals surface area contributed by atoms with Crippen LogP contribution in [-0.2, 0) is 9.53 Å². The van der Waals surface area contributed by atoms with Crippen molar-refractivity contribution in [2.24, 2.45) is 5.92 Å². The Morgan fingerprint density at radius 1 is 0.552 bits per heavy atom. The molecule has 0 aromatic heterocycles. The number of esters is 1. The van der Waals surface area contributed by atoms with Crippen LogP contribution in [0.15, 0.2) is 0 Å². The number of hydrogen-bond donors (Lipinski definition) is 0. The summed E-state index contributed by atoms with van der Waals surface area (Å²) in [5.41, 5.74) is 0. The Balaban J connectivity index is 3.73. The van der Waals surface area contributed by atoms with Crippen LogP contribution in [0.1, 0.15) is 155 Å². The van der Waals surface area contributed by atoms with Crippen LogP contribution in [0.2, 0.25) is 0 Å². The van der Waals surface area contributed by atoms with E-state index in [0.29, 0.717) is 6.42 Å². The molecule has 2 nitrogen and oxygen atoms in total. The molecule has 0 aromatic rings. The van der Waals surface area contributed by atoms with Gasteiger partial charge in [-0.2, -0.15) is 0 Å². The Morgan fingerprint density at radius 2 is 0.897 bits per heavy atom. The van der Waals surface area contributed by atoms with Crippen molar-refractivity contribution in [2.45, 2.75) is 155 Å². The van der Waals surface area contributed by atoms with Gasteiger partial charge in [-0.15, -0.1) is 0 Å². The fourth-order valence-electron chi connectivity index (χ4n) is 4.34. The third-order valence-corrected chi connectivity index (χ3v) is 6.42. The summed E-state index contributed by atoms with van der Waals surface area (Å²) in [4.78, 5) is 11.5. The smallest absolute Gasteiger partial charge is 0.305 e. The highest BCUT2D eigenvalue weighted by Crippen LogP contribution is 2.23. The summed E-state index contributed by atoms with van der Waals surface area (Å²) >= 11 is 0. The number of ether oxygens (including phenoxy) is 1. The van der Waals surface area contributed by atoms with E-state index in [1.807, 2.05) is 0 Å². The SMILES string of the molecule is CCCCCCCCCCCCCC(CCCCCCCCC)CCC(=O)OC. The highest BCUT2D eigenvalue weighted by atomic mass is 16.5. The van der Waals surface area contributed by atoms with Gasteiger partial charge in [-0.05, 0) is 12.3 Å². The molecule has 29 heavy (non-hydrogen) atoms. The van der Waals surface area contributed by atoms with E-state index in [1.165, 1.54) is 136 Å². The van der Waals surface area contributed by atoms with Crippen molar-refractivity contribution in [3.63, 3.8) is 0 Å². The molecule has 0 aliphatic heterocycles. The van der Waals surface area contributed by atoms with Gasteiger partial charge >= 0.3 is 5.97 Å². The maximum atomic E-state index is 11.5. The average molecular weight is 411 g/mol. The highest BCUT2D eigenvalue weighted by Gasteiger charge is 2.11. The third kappa shape index (κ3) is 22.0. The molecule has 174 valence electrons. The first kappa shape index (κ1) is 28.5. The molecule has 0 bridgehead atoms. The molecule has 0 spiro atoms. The van der Waals surface area contributed by atoms with Crippen molar-refractivity contribution < 1.29 is 9.53 Å². The first-order chi connectivity index (χ1) is 14.2. The zero-order valence-corrected chi connectivity index (χ0v) is 20.5. The molecule has 1 unspecified atom stereocenters. The second kappa shape index (κ2) is 23.7. The molecular formula is C27H54O2. The van der Waals surface area contributed by atoms with Gasteiger partial charge in [-0.25, -0.2) is 0 Å². The molecule has 0 heterocycles. The van der Waals surface area contributed by atoms with Crippen LogP contribution in [0, 0.1) is 5.92 Å². The lowest BCUT2D eigenvalue weighted by Gasteiger charge is -2.16. The van der Waals surface area contributed by atoms with E-state index in [0.717, 1.165) is 12.3 Å². The number of carbonyl (C=O) groups is 1. The summed E-state index contributed by atoms with van der Waals surface area (Å²) in [7, 11) is 1.51. The van der Waals surface area contributed by atoms with Crippen molar-refractivity contribution in [1.29, 1.82) is 0 Å². The summed E-state index contributed by atoms with van der Waals surface area (Å²) in [6.07, 6.45) is 29.3. The van der Waals surface area contributed by atoms with E-state index in [2.05, 4.69) is 13.8 Å². The van der Waals surface area contributed by atoms with Gasteiger partial charge in [0.1, 0.15) is 0 Å². The van der Waals surface area contributed by atoms with Gasteiger partial charge < -0.3 is 4.74 Å². The lowest BCUT2D eigenvalue weighted by molar-refractivity contribution is -0.141. The van der Waals surface area contributed by atoms with Crippen molar-refractivity contribution in [3.05, 3.63) is 0 Å². The van der Waals surface area contributed by atoms with Crippen molar-refractivity contribution in [1.82, 2.24) is 0 Å². The topological polar surface area (TPSA) is 26.3 Å². The standard InChI is InChI=1S/C27H54O2/c1-4-6-8-10-12-13-14-15-17-19-21-23-26(24-25-27(28)29-3)22-20-18-16-11-9-7-5-2/h26H,4-25H2,1-3H3. The molecule has 0 radical (unpaired) electrons. The average Bonchev–Trinajstić information content (AvgIpc) is 2.74. The minimum Gasteiger partial charge on any atom is -0.469 e. The van der Waals surface area contributed by atoms with Crippen LogP contribution in [-0.4, -0.2) is 13.1 Å². The van der Waals surface area contributed by atoms with Crippen LogP contribution < -0.4 is 0 Å². The fraction of sp³-hybridized carbons (Fsp3) is 0.963. The van der Waals surface area contributed by atoms with Gasteiger partial charge in [0.2, 0.25) is 0 Å². The Labute approximate surface area is 184 Å². The maximum Gasteiger partial charge on any atom is 0.305 e. The lowest BCUT2D eigenvalue weighted by atomic mass is 9.90. The molecule has 2 heteroatoms. The van der Waals surface area contributed by atoms with E-state index < -0.39 is 0 Å². The maximum absolute atomic E-state index is 11.5. The zero-order chi connectivity index (χ0) is 21.4. The van der Waals surface area contributed by atoms with Crippen LogP contribution >= 0.6 is 0 Å². The molecule has 1 atom stereocenters. The molecule has 0 aliphatic rings. The summed E-state index contributed by atoms with van der Waals surface area (Å²) in [6, 6.07) is 0. The predicted molar refractivity (Wildman–Crippen MR) is 128 cm³/mol. The van der Waals surface area contributed by atoms with E-state index in [4.69, 9.17) is 4.74 Å². The molecule has 0 saturated carbocycles. The predicted octanol–water partition coefficient (Wildman–Crippen LogP) is 9.40. The molecule has 0 rings (SSSR count). The normalized spacial score (nSPS) is 12.2. The number of carbonyl (C=O) groups excluding carboxylic acids is 1. The number of hydrogen-bond acceptors (Lipinski definition) is 2. The van der Waals surface area contributed by atoms with Crippen LogP contribution in [0.5, 0.6) is 0 Å². The number of methoxy groups -OCH3 is 1. The largest absolute Gasteiger partial charge is 0.469 e. The van der Waals surface area contributed by atoms with Crippen molar-refractivity contribution >= 4 is 5.97 Å². The van der Waals surface area contributed by atoms with Gasteiger partial charge in [0.05, 0.1) is 7.11 Å². The monoisotopic (exact) mass is 410 g/mol. The molecule has 0 aliphatic carbocycles. The first-order valence-corrected chi connectivity index (χ1v) is 13.3. The van der Waals surface area contributed by atoms with Gasteiger partial charge in [-0.3, -0.25) is 4.79 Å². The Kier molecular flexibility index (Phi) is 23.3. The summed E-state index contributed by atoms with van der Waals surface area (Å²) in [6.45, 7) is 4.56. The van der Waals surface area contributed by atoms with Crippen LogP contribution in [0.3, 0.4) is 0 Å². The van der Waals surface area contributed by atoms with E-state index in [-0.39, 0.29) is 5.97 Å². The van der Waals surface area contributed by atoms with Gasteiger partial charge in [0, 0.05) is 6.42 Å². The second-order valence-electron chi connectivity index (χ2n) is 9.22. The quantitative estimate of drug-likeness (QED) is 0.124. The first-order valence-electron chi connectivity index (χ1n) is 13.3. The highest BCUT2D eigenvalue weighted by molar-refractivity contribution is 5.69. The molecule has 0 saturated heterocycles. The zero-order valence-electron chi connectivity index (χ0n) is 20.5. The fourth-order valence-corrected chi connectivity index (χ4v) is 4.34. The molecule has 0 amide bonds. The van der Waals surface area contributed by atoms with Crippen LogP contribution in [0.4, 0.5) is 0 Å². The summed E-state index contributed by atoms with van der Waals surface area (Å²) in [5, 5.41) is 0. The van der Waals surface area contributed by atoms with E-state index in [9.17, 15) is 4.79 Å². The third-order valence-electron chi connectivity index (χ3n) is 6.42. The van der Waals surface area contributed by atoms with Gasteiger partial charge in [0.15, 0.2) is 0 Å². The van der Waals surface area contributed by atoms with Gasteiger partial charge in [0.25, 0.3) is 0 Å². The summed E-state index contributed by atoms with van der Waals surface area (Å²) < 4.78 is 4.85. The Hall–Kier alpha value is -0.530. The Morgan fingerprint density at radius 3 is 1.24 bits per heavy atom. The summed E-state index contributed by atoms with van der Waals surface area (Å²) in [5.74, 6) is 0.691. The molecular weight excluding hydrogens is 356 g/mol. The van der Waals surface area contributed by atoms with E-state index in [1.54, 1.807) is 0 Å². The molecule has 0 fully saturated rings. The minimum absolute atomic E-state index is 0.0338. The van der Waals surface area contributed by atoms with Crippen molar-refractivity contribution in [3.8, 4) is 0 Å². The van der Waals surface area contributed by atoms with Gasteiger partial charge in [-0.1, -0.05) is 142 Å². The minimum atomic E-state index is -0.0338. The van der Waals surface area contributed by atoms with Crippen LogP contribution in [0.25, 0.3) is 0 Å². The Bertz CT molecular complexity index is 326. The van der Waals surface area contributed by atoms with E-state index >= 15 is 0 Å². The lowest BCUT2D eigenvalue weighted by Crippen LogP contribution is -2.07. The molecule has 0 aromatic carbocycles. The number of unbranched alkanes of at least 4 members (excludes halogenated alkanes) is 16. The molecule has 0 N–H and O–H groups in total. The van der Waals surface area contributed by atoms with Crippen molar-refractivity contribution in [2.75, 3.05) is 7.11 Å². The number of rotatable bonds is 23. The second-order valence-corrected chi connectivity index (χ2v) is 9.22.